The highest BCUT2D eigenvalue weighted by Crippen LogP contribution is 2.39. The largest absolute Gasteiger partial charge is 0.463 e. The van der Waals surface area contributed by atoms with E-state index in [0.29, 0.717) is 35.1 Å². The monoisotopic (exact) mass is 439 g/mol. The van der Waals surface area contributed by atoms with Crippen molar-refractivity contribution in [2.24, 2.45) is 11.7 Å². The molecule has 3 aromatic heterocycles. The SMILES string of the molecule is CC(C)n1ncc2c(C(=O)NC(C)(CN)C3CC3)cc(-c3ccco3)nc21.Cl.Cl. The van der Waals surface area contributed by atoms with Gasteiger partial charge in [-0.2, -0.15) is 5.10 Å². The van der Waals surface area contributed by atoms with Crippen molar-refractivity contribution in [1.29, 1.82) is 0 Å². The Morgan fingerprint density at radius 2 is 2.14 bits per heavy atom. The average molecular weight is 440 g/mol. The zero-order valence-electron chi connectivity index (χ0n) is 16.7. The molecule has 1 saturated carbocycles. The van der Waals surface area contributed by atoms with E-state index in [4.69, 9.17) is 15.1 Å². The molecule has 1 aliphatic carbocycles. The summed E-state index contributed by atoms with van der Waals surface area (Å²) in [7, 11) is 0. The second kappa shape index (κ2) is 8.73. The Hall–Kier alpha value is -2.09. The summed E-state index contributed by atoms with van der Waals surface area (Å²) >= 11 is 0. The van der Waals surface area contributed by atoms with Gasteiger partial charge in [0, 0.05) is 12.6 Å². The summed E-state index contributed by atoms with van der Waals surface area (Å²) < 4.78 is 7.33. The quantitative estimate of drug-likeness (QED) is 0.604. The van der Waals surface area contributed by atoms with Crippen LogP contribution in [0.5, 0.6) is 0 Å². The van der Waals surface area contributed by atoms with E-state index in [9.17, 15) is 4.79 Å². The Labute approximate surface area is 182 Å². The van der Waals surface area contributed by atoms with Gasteiger partial charge in [0.05, 0.1) is 28.9 Å². The third kappa shape index (κ3) is 4.27. The molecule has 0 saturated heterocycles. The van der Waals surface area contributed by atoms with Crippen LogP contribution < -0.4 is 11.1 Å². The zero-order valence-corrected chi connectivity index (χ0v) is 18.3. The minimum absolute atomic E-state index is 0. The number of aromatic nitrogens is 3. The van der Waals surface area contributed by atoms with Crippen molar-refractivity contribution in [3.63, 3.8) is 0 Å². The van der Waals surface area contributed by atoms with Gasteiger partial charge in [0.1, 0.15) is 5.69 Å². The first-order chi connectivity index (χ1) is 12.9. The molecule has 9 heteroatoms. The first-order valence-corrected chi connectivity index (χ1v) is 9.37. The molecule has 7 nitrogen and oxygen atoms in total. The van der Waals surface area contributed by atoms with E-state index in [1.807, 2.05) is 31.5 Å². The Morgan fingerprint density at radius 1 is 1.41 bits per heavy atom. The third-order valence-corrected chi connectivity index (χ3v) is 5.38. The highest BCUT2D eigenvalue weighted by atomic mass is 35.5. The lowest BCUT2D eigenvalue weighted by molar-refractivity contribution is 0.0899. The topological polar surface area (TPSA) is 99.0 Å². The predicted molar refractivity (Wildman–Crippen MR) is 118 cm³/mol. The van der Waals surface area contributed by atoms with Crippen LogP contribution in [-0.2, 0) is 0 Å². The van der Waals surface area contributed by atoms with E-state index in [-0.39, 0.29) is 36.8 Å². The fourth-order valence-electron chi connectivity index (χ4n) is 3.50. The lowest BCUT2D eigenvalue weighted by atomic mass is 9.95. The third-order valence-electron chi connectivity index (χ3n) is 5.38. The van der Waals surface area contributed by atoms with Gasteiger partial charge in [-0.1, -0.05) is 0 Å². The second-order valence-electron chi connectivity index (χ2n) is 7.80. The molecule has 3 aromatic rings. The summed E-state index contributed by atoms with van der Waals surface area (Å²) in [5.74, 6) is 0.899. The number of hydrogen-bond donors (Lipinski definition) is 2. The molecule has 158 valence electrons. The number of nitrogens with zero attached hydrogens (tertiary/aromatic N) is 3. The summed E-state index contributed by atoms with van der Waals surface area (Å²) in [6.45, 7) is 6.50. The zero-order chi connectivity index (χ0) is 19.2. The van der Waals surface area contributed by atoms with E-state index in [1.165, 1.54) is 0 Å². The maximum absolute atomic E-state index is 13.2. The smallest absolute Gasteiger partial charge is 0.252 e. The molecule has 0 bridgehead atoms. The number of pyridine rings is 1. The molecule has 1 unspecified atom stereocenters. The number of nitrogens with two attached hydrogens (primary N) is 1. The van der Waals surface area contributed by atoms with Gasteiger partial charge in [0.2, 0.25) is 0 Å². The standard InChI is InChI=1S/C20H25N5O2.2ClH/c1-12(2)25-18-15(10-22-25)14(9-16(23-18)17-5-4-8-27-17)19(26)24-20(3,11-21)13-6-7-13;;/h4-5,8-10,12-13H,6-7,11,21H2,1-3H3,(H,24,26);2*1H. The van der Waals surface area contributed by atoms with Gasteiger partial charge >= 0.3 is 0 Å². The predicted octanol–water partition coefficient (Wildman–Crippen LogP) is 3.97. The van der Waals surface area contributed by atoms with Gasteiger partial charge in [0.25, 0.3) is 5.91 Å². The van der Waals surface area contributed by atoms with Crippen LogP contribution in [-0.4, -0.2) is 32.8 Å². The van der Waals surface area contributed by atoms with Gasteiger partial charge < -0.3 is 15.5 Å². The Bertz CT molecular complexity index is 982. The van der Waals surface area contributed by atoms with Gasteiger partial charge in [-0.3, -0.25) is 4.79 Å². The maximum atomic E-state index is 13.2. The molecule has 0 aromatic carbocycles. The maximum Gasteiger partial charge on any atom is 0.252 e. The lowest BCUT2D eigenvalue weighted by Crippen LogP contribution is -2.53. The Balaban J connectivity index is 0.00000150. The highest BCUT2D eigenvalue weighted by molar-refractivity contribution is 6.06. The Morgan fingerprint density at radius 3 is 2.69 bits per heavy atom. The number of carbonyl (C=O) groups excluding carboxylic acids is 1. The van der Waals surface area contributed by atoms with Crippen LogP contribution >= 0.6 is 24.8 Å². The van der Waals surface area contributed by atoms with E-state index in [2.05, 4.69) is 10.4 Å². The number of rotatable bonds is 6. The van der Waals surface area contributed by atoms with Crippen molar-refractivity contribution in [3.8, 4) is 11.5 Å². The average Bonchev–Trinajstić information content (AvgIpc) is 3.20. The van der Waals surface area contributed by atoms with Gasteiger partial charge in [-0.15, -0.1) is 24.8 Å². The van der Waals surface area contributed by atoms with E-state index in [1.54, 1.807) is 24.6 Å². The molecule has 0 radical (unpaired) electrons. The van der Waals surface area contributed by atoms with E-state index < -0.39 is 5.54 Å². The summed E-state index contributed by atoms with van der Waals surface area (Å²) in [5.41, 5.74) is 7.41. The number of nitrogens with one attached hydrogen (secondary N) is 1. The number of furan rings is 1. The van der Waals surface area contributed by atoms with Crippen LogP contribution in [0.3, 0.4) is 0 Å². The summed E-state index contributed by atoms with van der Waals surface area (Å²) in [5, 5.41) is 8.34. The molecular formula is C20H27Cl2N5O2. The molecule has 4 rings (SSSR count). The number of hydrogen-bond acceptors (Lipinski definition) is 5. The van der Waals surface area contributed by atoms with Gasteiger partial charge in [-0.25, -0.2) is 9.67 Å². The van der Waals surface area contributed by atoms with Crippen LogP contribution in [0.25, 0.3) is 22.5 Å². The molecule has 1 fully saturated rings. The van der Waals surface area contributed by atoms with Crippen LogP contribution in [0.1, 0.15) is 50.0 Å². The van der Waals surface area contributed by atoms with Crippen molar-refractivity contribution in [1.82, 2.24) is 20.1 Å². The summed E-state index contributed by atoms with van der Waals surface area (Å²) in [6, 6.07) is 5.53. The molecule has 3 N–H and O–H groups in total. The lowest BCUT2D eigenvalue weighted by Gasteiger charge is -2.29. The number of carbonyl (C=O) groups is 1. The molecule has 0 aliphatic heterocycles. The molecule has 1 aliphatic rings. The molecular weight excluding hydrogens is 413 g/mol. The van der Waals surface area contributed by atoms with Crippen molar-refractivity contribution in [2.45, 2.75) is 45.2 Å². The molecule has 0 spiro atoms. The molecule has 29 heavy (non-hydrogen) atoms. The van der Waals surface area contributed by atoms with Crippen molar-refractivity contribution in [3.05, 3.63) is 36.2 Å². The normalized spacial score (nSPS) is 15.5. The van der Waals surface area contributed by atoms with Crippen LogP contribution in [0.2, 0.25) is 0 Å². The molecule has 1 atom stereocenters. The van der Waals surface area contributed by atoms with Crippen LogP contribution in [0.15, 0.2) is 35.1 Å². The number of halogens is 2. The van der Waals surface area contributed by atoms with Gasteiger partial charge in [-0.05, 0) is 57.7 Å². The fourth-order valence-corrected chi connectivity index (χ4v) is 3.50. The van der Waals surface area contributed by atoms with E-state index in [0.717, 1.165) is 18.2 Å². The van der Waals surface area contributed by atoms with Crippen molar-refractivity contribution < 1.29 is 9.21 Å². The van der Waals surface area contributed by atoms with E-state index >= 15 is 0 Å². The first-order valence-electron chi connectivity index (χ1n) is 9.37. The minimum Gasteiger partial charge on any atom is -0.463 e. The van der Waals surface area contributed by atoms with Crippen LogP contribution in [0.4, 0.5) is 0 Å². The summed E-state index contributed by atoms with van der Waals surface area (Å²) in [4.78, 5) is 17.9. The molecule has 1 amide bonds. The minimum atomic E-state index is -0.397. The number of fused-ring (bicyclic) bond motifs is 1. The van der Waals surface area contributed by atoms with Crippen molar-refractivity contribution >= 4 is 41.8 Å². The highest BCUT2D eigenvalue weighted by Gasteiger charge is 2.42. The van der Waals surface area contributed by atoms with Crippen molar-refractivity contribution in [2.75, 3.05) is 6.54 Å². The fraction of sp³-hybridized carbons (Fsp3) is 0.450. The Kier molecular flexibility index (Phi) is 6.98. The first kappa shape index (κ1) is 23.2. The molecule has 3 heterocycles. The van der Waals surface area contributed by atoms with Gasteiger partial charge in [0.15, 0.2) is 11.4 Å². The number of amides is 1. The van der Waals surface area contributed by atoms with Crippen LogP contribution in [0, 0.1) is 5.92 Å². The second-order valence-corrected chi connectivity index (χ2v) is 7.80. The summed E-state index contributed by atoms with van der Waals surface area (Å²) in [6.07, 6.45) is 5.50.